The lowest BCUT2D eigenvalue weighted by atomic mass is 10.1. The van der Waals surface area contributed by atoms with Crippen LogP contribution in [0.1, 0.15) is 12.5 Å². The van der Waals surface area contributed by atoms with E-state index in [0.29, 0.717) is 6.54 Å². The minimum absolute atomic E-state index is 0.0719. The van der Waals surface area contributed by atoms with Crippen molar-refractivity contribution in [2.45, 2.75) is 13.5 Å². The van der Waals surface area contributed by atoms with E-state index in [1.807, 2.05) is 30.3 Å². The van der Waals surface area contributed by atoms with Crippen LogP contribution in [0, 0.1) is 5.92 Å². The zero-order chi connectivity index (χ0) is 15.0. The Morgan fingerprint density at radius 2 is 1.95 bits per heavy atom. The van der Waals surface area contributed by atoms with Gasteiger partial charge in [-0.15, -0.1) is 0 Å². The third kappa shape index (κ3) is 5.84. The van der Waals surface area contributed by atoms with Gasteiger partial charge in [0.1, 0.15) is 6.61 Å². The number of carbonyl (C=O) groups is 2. The average molecular weight is 278 g/mol. The predicted octanol–water partition coefficient (Wildman–Crippen LogP) is 1.04. The molecule has 1 N–H and O–H groups in total. The molecule has 20 heavy (non-hydrogen) atoms. The number of esters is 1. The Kier molecular flexibility index (Phi) is 6.73. The molecule has 0 aromatic heterocycles. The van der Waals surface area contributed by atoms with E-state index in [4.69, 9.17) is 4.74 Å². The molecule has 0 aliphatic carbocycles. The predicted molar refractivity (Wildman–Crippen MR) is 77.0 cm³/mol. The number of nitrogens with zero attached hydrogens (tertiary/aromatic N) is 1. The monoisotopic (exact) mass is 278 g/mol. The van der Waals surface area contributed by atoms with Crippen LogP contribution in [0.25, 0.3) is 0 Å². The Morgan fingerprint density at radius 1 is 1.30 bits per heavy atom. The number of ether oxygens (including phenoxy) is 1. The van der Waals surface area contributed by atoms with Crippen LogP contribution in [-0.4, -0.2) is 44.0 Å². The van der Waals surface area contributed by atoms with Gasteiger partial charge < -0.3 is 10.1 Å². The van der Waals surface area contributed by atoms with Crippen LogP contribution in [0.3, 0.4) is 0 Å². The van der Waals surface area contributed by atoms with E-state index in [2.05, 4.69) is 5.32 Å². The highest BCUT2D eigenvalue weighted by atomic mass is 16.5. The topological polar surface area (TPSA) is 58.6 Å². The molecule has 1 rings (SSSR count). The smallest absolute Gasteiger partial charge is 0.310 e. The van der Waals surface area contributed by atoms with Crippen molar-refractivity contribution < 1.29 is 14.3 Å². The zero-order valence-electron chi connectivity index (χ0n) is 12.3. The first kappa shape index (κ1) is 16.2. The molecule has 0 bridgehead atoms. The molecule has 110 valence electrons. The molecule has 0 spiro atoms. The molecule has 1 aromatic rings. The van der Waals surface area contributed by atoms with Gasteiger partial charge in [0, 0.05) is 13.6 Å². The van der Waals surface area contributed by atoms with Crippen LogP contribution in [-0.2, 0) is 20.9 Å². The van der Waals surface area contributed by atoms with Crippen molar-refractivity contribution in [3.63, 3.8) is 0 Å². The normalized spacial score (nSPS) is 12.0. The third-order valence-corrected chi connectivity index (χ3v) is 2.90. The van der Waals surface area contributed by atoms with Gasteiger partial charge >= 0.3 is 5.97 Å². The van der Waals surface area contributed by atoms with E-state index in [1.54, 1.807) is 25.9 Å². The summed E-state index contributed by atoms with van der Waals surface area (Å²) in [5.41, 5.74) is 0.965. The Hall–Kier alpha value is -1.88. The number of hydrogen-bond donors (Lipinski definition) is 1. The van der Waals surface area contributed by atoms with Crippen molar-refractivity contribution in [2.24, 2.45) is 5.92 Å². The maximum Gasteiger partial charge on any atom is 0.310 e. The van der Waals surface area contributed by atoms with Crippen molar-refractivity contribution >= 4 is 11.9 Å². The summed E-state index contributed by atoms with van der Waals surface area (Å²) in [6, 6.07) is 9.56. The van der Waals surface area contributed by atoms with Crippen molar-refractivity contribution in [1.29, 1.82) is 0 Å². The van der Waals surface area contributed by atoms with Gasteiger partial charge in [0.05, 0.1) is 12.5 Å². The first-order valence-electron chi connectivity index (χ1n) is 6.62. The van der Waals surface area contributed by atoms with E-state index in [0.717, 1.165) is 5.56 Å². The molecular weight excluding hydrogens is 256 g/mol. The number of nitrogens with one attached hydrogen (secondary N) is 1. The molecule has 0 saturated carbocycles. The molecule has 0 aliphatic heterocycles. The highest BCUT2D eigenvalue weighted by molar-refractivity contribution is 5.77. The van der Waals surface area contributed by atoms with Crippen molar-refractivity contribution in [3.05, 3.63) is 35.9 Å². The zero-order valence-corrected chi connectivity index (χ0v) is 12.3. The Balaban J connectivity index is 2.33. The van der Waals surface area contributed by atoms with Crippen molar-refractivity contribution in [2.75, 3.05) is 27.2 Å². The van der Waals surface area contributed by atoms with E-state index in [1.165, 1.54) is 0 Å². The Morgan fingerprint density at radius 3 is 2.55 bits per heavy atom. The Labute approximate surface area is 119 Å². The fourth-order valence-electron chi connectivity index (χ4n) is 1.80. The second-order valence-electron chi connectivity index (χ2n) is 4.86. The summed E-state index contributed by atoms with van der Waals surface area (Å²) in [5, 5.41) is 2.55. The van der Waals surface area contributed by atoms with Crippen LogP contribution in [0.2, 0.25) is 0 Å². The van der Waals surface area contributed by atoms with Crippen molar-refractivity contribution in [3.8, 4) is 0 Å². The van der Waals surface area contributed by atoms with Gasteiger partial charge in [0.2, 0.25) is 5.91 Å². The molecule has 0 fully saturated rings. The summed E-state index contributed by atoms with van der Waals surface area (Å²) >= 11 is 0. The van der Waals surface area contributed by atoms with Gasteiger partial charge in [0.25, 0.3) is 0 Å². The number of likely N-dealkylation sites (N-methyl/N-ethyl adjacent to an activating group) is 2. The second-order valence-corrected chi connectivity index (χ2v) is 4.86. The standard InChI is InChI=1S/C15H22N2O3/c1-12(9-17(3)10-14(18)16-2)15(19)20-11-13-7-5-4-6-8-13/h4-8,12H,9-11H2,1-3H3,(H,16,18). The largest absolute Gasteiger partial charge is 0.461 e. The van der Waals surface area contributed by atoms with E-state index >= 15 is 0 Å². The second kappa shape index (κ2) is 8.32. The lowest BCUT2D eigenvalue weighted by Gasteiger charge is -2.19. The number of carbonyl (C=O) groups excluding carboxylic acids is 2. The number of rotatable bonds is 7. The van der Waals surface area contributed by atoms with Crippen LogP contribution in [0.15, 0.2) is 30.3 Å². The van der Waals surface area contributed by atoms with E-state index in [-0.39, 0.29) is 30.9 Å². The van der Waals surface area contributed by atoms with Crippen LogP contribution in [0.5, 0.6) is 0 Å². The number of hydrogen-bond acceptors (Lipinski definition) is 4. The maximum atomic E-state index is 11.9. The maximum absolute atomic E-state index is 11.9. The average Bonchev–Trinajstić information content (AvgIpc) is 2.45. The summed E-state index contributed by atoms with van der Waals surface area (Å²) in [6.07, 6.45) is 0. The number of benzene rings is 1. The molecule has 0 radical (unpaired) electrons. The first-order valence-corrected chi connectivity index (χ1v) is 6.62. The molecule has 0 heterocycles. The van der Waals surface area contributed by atoms with Gasteiger partial charge in [0.15, 0.2) is 0 Å². The van der Waals surface area contributed by atoms with Crippen molar-refractivity contribution in [1.82, 2.24) is 10.2 Å². The number of amides is 1. The van der Waals surface area contributed by atoms with E-state index in [9.17, 15) is 9.59 Å². The van der Waals surface area contributed by atoms with Crippen LogP contribution in [0.4, 0.5) is 0 Å². The van der Waals surface area contributed by atoms with Gasteiger partial charge in [-0.25, -0.2) is 0 Å². The molecule has 5 nitrogen and oxygen atoms in total. The lowest BCUT2D eigenvalue weighted by Crippen LogP contribution is -2.37. The Bertz CT molecular complexity index is 434. The quantitative estimate of drug-likeness (QED) is 0.757. The molecule has 5 heteroatoms. The minimum Gasteiger partial charge on any atom is -0.461 e. The molecule has 0 aliphatic rings. The highest BCUT2D eigenvalue weighted by Gasteiger charge is 2.17. The molecule has 1 unspecified atom stereocenters. The molecule has 1 atom stereocenters. The van der Waals surface area contributed by atoms with Crippen LogP contribution >= 0.6 is 0 Å². The summed E-state index contributed by atoms with van der Waals surface area (Å²) in [7, 11) is 3.39. The summed E-state index contributed by atoms with van der Waals surface area (Å²) in [6.45, 7) is 2.84. The summed E-state index contributed by atoms with van der Waals surface area (Å²) < 4.78 is 5.26. The van der Waals surface area contributed by atoms with Gasteiger partial charge in [-0.1, -0.05) is 37.3 Å². The molecule has 1 aromatic carbocycles. The third-order valence-electron chi connectivity index (χ3n) is 2.90. The fourth-order valence-corrected chi connectivity index (χ4v) is 1.80. The van der Waals surface area contributed by atoms with Gasteiger partial charge in [-0.2, -0.15) is 0 Å². The summed E-state index contributed by atoms with van der Waals surface area (Å²) in [5.74, 6) is -0.594. The highest BCUT2D eigenvalue weighted by Crippen LogP contribution is 2.06. The van der Waals surface area contributed by atoms with E-state index < -0.39 is 0 Å². The molecular formula is C15H22N2O3. The molecule has 0 saturated heterocycles. The van der Waals surface area contributed by atoms with Gasteiger partial charge in [-0.05, 0) is 12.6 Å². The lowest BCUT2D eigenvalue weighted by molar-refractivity contribution is -0.150. The van der Waals surface area contributed by atoms with Gasteiger partial charge in [-0.3, -0.25) is 14.5 Å². The SMILES string of the molecule is CNC(=O)CN(C)CC(C)C(=O)OCc1ccccc1. The minimum atomic E-state index is -0.270. The first-order chi connectivity index (χ1) is 9.52. The van der Waals surface area contributed by atoms with Crippen LogP contribution < -0.4 is 5.32 Å². The molecule has 1 amide bonds. The summed E-state index contributed by atoms with van der Waals surface area (Å²) in [4.78, 5) is 24.9. The fraction of sp³-hybridized carbons (Fsp3) is 0.467.